The van der Waals surface area contributed by atoms with Gasteiger partial charge >= 0.3 is 6.18 Å². The molecule has 0 saturated carbocycles. The molecule has 1 N–H and O–H groups in total. The predicted octanol–water partition coefficient (Wildman–Crippen LogP) is 5.30. The van der Waals surface area contributed by atoms with E-state index in [0.29, 0.717) is 6.07 Å². The second kappa shape index (κ2) is 7.14. The highest BCUT2D eigenvalue weighted by Gasteiger charge is 2.35. The van der Waals surface area contributed by atoms with Gasteiger partial charge in [0.15, 0.2) is 0 Å². The Morgan fingerprint density at radius 1 is 0.963 bits per heavy atom. The molecule has 0 saturated heterocycles. The third-order valence-electron chi connectivity index (χ3n) is 3.74. The summed E-state index contributed by atoms with van der Waals surface area (Å²) < 4.78 is 67.6. The first kappa shape index (κ1) is 18.5. The van der Waals surface area contributed by atoms with Crippen molar-refractivity contribution in [2.75, 3.05) is 5.32 Å². The molecule has 27 heavy (non-hydrogen) atoms. The van der Waals surface area contributed by atoms with Crippen molar-refractivity contribution in [1.29, 1.82) is 0 Å². The fraction of sp³-hybridized carbons (Fsp3) is 0.0526. The minimum atomic E-state index is -4.77. The van der Waals surface area contributed by atoms with Crippen LogP contribution in [-0.2, 0) is 6.18 Å². The molecular weight excluding hydrogens is 367 g/mol. The highest BCUT2D eigenvalue weighted by Crippen LogP contribution is 2.39. The van der Waals surface area contributed by atoms with Crippen molar-refractivity contribution in [2.45, 2.75) is 6.18 Å². The molecule has 0 spiro atoms. The Morgan fingerprint density at radius 2 is 1.67 bits per heavy atom. The number of hydrogen-bond acceptors (Lipinski definition) is 2. The number of hydrogen-bond donors (Lipinski definition) is 1. The summed E-state index contributed by atoms with van der Waals surface area (Å²) in [6, 6.07) is 10.8. The number of alkyl halides is 3. The average molecular weight is 378 g/mol. The molecule has 8 heteroatoms. The van der Waals surface area contributed by atoms with Crippen LogP contribution in [0.15, 0.2) is 60.8 Å². The lowest BCUT2D eigenvalue weighted by Gasteiger charge is -2.16. The van der Waals surface area contributed by atoms with Gasteiger partial charge in [0, 0.05) is 6.20 Å². The first-order valence-electron chi connectivity index (χ1n) is 7.65. The number of nitrogens with one attached hydrogen (secondary N) is 1. The van der Waals surface area contributed by atoms with Crippen LogP contribution in [0.5, 0.6) is 0 Å². The molecule has 1 heterocycles. The van der Waals surface area contributed by atoms with Crippen LogP contribution in [0.1, 0.15) is 15.9 Å². The number of nitrogens with zero attached hydrogens (tertiary/aromatic N) is 1. The van der Waals surface area contributed by atoms with Crippen molar-refractivity contribution >= 4 is 11.6 Å². The highest BCUT2D eigenvalue weighted by molar-refractivity contribution is 6.04. The summed E-state index contributed by atoms with van der Waals surface area (Å²) in [5, 5.41) is 2.06. The lowest BCUT2D eigenvalue weighted by atomic mass is 9.98. The van der Waals surface area contributed by atoms with Gasteiger partial charge in [0.25, 0.3) is 5.91 Å². The molecular formula is C19H11F5N2O. The van der Waals surface area contributed by atoms with E-state index in [9.17, 15) is 26.7 Å². The van der Waals surface area contributed by atoms with Crippen molar-refractivity contribution in [3.63, 3.8) is 0 Å². The van der Waals surface area contributed by atoms with Crippen LogP contribution in [0.4, 0.5) is 27.6 Å². The second-order valence-electron chi connectivity index (χ2n) is 5.57. The molecule has 1 aromatic heterocycles. The Bertz CT molecular complexity index is 970. The van der Waals surface area contributed by atoms with E-state index in [4.69, 9.17) is 0 Å². The van der Waals surface area contributed by atoms with Crippen molar-refractivity contribution in [3.05, 3.63) is 83.7 Å². The van der Waals surface area contributed by atoms with E-state index >= 15 is 0 Å². The Morgan fingerprint density at radius 3 is 2.26 bits per heavy atom. The van der Waals surface area contributed by atoms with Gasteiger partial charge in [0.05, 0.1) is 16.8 Å². The first-order chi connectivity index (χ1) is 12.8. The number of benzene rings is 2. The van der Waals surface area contributed by atoms with Crippen LogP contribution >= 0.6 is 0 Å². The van der Waals surface area contributed by atoms with Gasteiger partial charge in [-0.2, -0.15) is 17.6 Å². The fourth-order valence-electron chi connectivity index (χ4n) is 2.46. The van der Waals surface area contributed by atoms with Gasteiger partial charge in [-0.05, 0) is 35.4 Å². The molecule has 0 aliphatic heterocycles. The van der Waals surface area contributed by atoms with E-state index in [-0.39, 0.29) is 16.7 Å². The van der Waals surface area contributed by atoms with Gasteiger partial charge in [-0.15, -0.1) is 0 Å². The van der Waals surface area contributed by atoms with Gasteiger partial charge in [-0.3, -0.25) is 4.79 Å². The Labute approximate surface area is 150 Å². The third-order valence-corrected chi connectivity index (χ3v) is 3.74. The largest absolute Gasteiger partial charge is 0.417 e. The summed E-state index contributed by atoms with van der Waals surface area (Å²) >= 11 is 0. The zero-order chi connectivity index (χ0) is 19.6. The smallest absolute Gasteiger partial charge is 0.319 e. The van der Waals surface area contributed by atoms with Crippen LogP contribution in [0.25, 0.3) is 11.1 Å². The number of rotatable bonds is 3. The SMILES string of the molecule is O=C(Nc1cc(C(F)(F)F)c(-c2ccccc2)cc1F)c1ccc(F)nc1. The van der Waals surface area contributed by atoms with Crippen molar-refractivity contribution in [1.82, 2.24) is 4.98 Å². The number of carbonyl (C=O) groups is 1. The number of anilines is 1. The summed E-state index contributed by atoms with van der Waals surface area (Å²) in [5.41, 5.74) is -2.03. The van der Waals surface area contributed by atoms with E-state index in [2.05, 4.69) is 10.3 Å². The molecule has 0 bridgehead atoms. The van der Waals surface area contributed by atoms with Gasteiger partial charge in [0.1, 0.15) is 5.82 Å². The summed E-state index contributed by atoms with van der Waals surface area (Å²) in [4.78, 5) is 15.3. The molecule has 0 atom stereocenters. The number of aromatic nitrogens is 1. The number of pyridine rings is 1. The van der Waals surface area contributed by atoms with Crippen LogP contribution in [0, 0.1) is 11.8 Å². The Kier molecular flexibility index (Phi) is 4.89. The van der Waals surface area contributed by atoms with Crippen molar-refractivity contribution in [2.24, 2.45) is 0 Å². The van der Waals surface area contributed by atoms with E-state index in [1.54, 1.807) is 6.07 Å². The van der Waals surface area contributed by atoms with Crippen molar-refractivity contribution < 1.29 is 26.7 Å². The molecule has 3 aromatic rings. The Balaban J connectivity index is 2.02. The molecule has 1 amide bonds. The maximum Gasteiger partial charge on any atom is 0.417 e. The summed E-state index contributed by atoms with van der Waals surface area (Å²) in [7, 11) is 0. The number of halogens is 5. The molecule has 3 nitrogen and oxygen atoms in total. The molecule has 0 fully saturated rings. The van der Waals surface area contributed by atoms with Crippen LogP contribution in [0.2, 0.25) is 0 Å². The molecule has 3 rings (SSSR count). The molecule has 2 aromatic carbocycles. The number of carbonyl (C=O) groups excluding carboxylic acids is 1. The summed E-state index contributed by atoms with van der Waals surface area (Å²) in [6.45, 7) is 0. The number of amides is 1. The molecule has 0 aliphatic carbocycles. The Hall–Kier alpha value is -3.29. The summed E-state index contributed by atoms with van der Waals surface area (Å²) in [5.74, 6) is -2.78. The first-order valence-corrected chi connectivity index (χ1v) is 7.65. The van der Waals surface area contributed by atoms with E-state index in [1.807, 2.05) is 0 Å². The topological polar surface area (TPSA) is 42.0 Å². The maximum atomic E-state index is 14.4. The van der Waals surface area contributed by atoms with E-state index < -0.39 is 35.1 Å². The lowest BCUT2D eigenvalue weighted by Crippen LogP contribution is -2.15. The lowest BCUT2D eigenvalue weighted by molar-refractivity contribution is -0.137. The zero-order valence-corrected chi connectivity index (χ0v) is 13.5. The van der Waals surface area contributed by atoms with Crippen molar-refractivity contribution in [3.8, 4) is 11.1 Å². The predicted molar refractivity (Wildman–Crippen MR) is 89.0 cm³/mol. The quantitative estimate of drug-likeness (QED) is 0.497. The monoisotopic (exact) mass is 378 g/mol. The second-order valence-corrected chi connectivity index (χ2v) is 5.57. The minimum absolute atomic E-state index is 0.128. The molecule has 0 radical (unpaired) electrons. The minimum Gasteiger partial charge on any atom is -0.319 e. The van der Waals surface area contributed by atoms with Crippen LogP contribution in [-0.4, -0.2) is 10.9 Å². The van der Waals surface area contributed by atoms with Crippen LogP contribution in [0.3, 0.4) is 0 Å². The van der Waals surface area contributed by atoms with Gasteiger partial charge in [-0.25, -0.2) is 9.37 Å². The van der Waals surface area contributed by atoms with Gasteiger partial charge < -0.3 is 5.32 Å². The van der Waals surface area contributed by atoms with E-state index in [1.165, 1.54) is 24.3 Å². The zero-order valence-electron chi connectivity index (χ0n) is 13.5. The normalized spacial score (nSPS) is 11.3. The third kappa shape index (κ3) is 4.11. The molecule has 138 valence electrons. The molecule has 0 unspecified atom stereocenters. The van der Waals surface area contributed by atoms with Crippen LogP contribution < -0.4 is 5.32 Å². The standard InChI is InChI=1S/C19H11F5N2O/c20-15-8-13(11-4-2-1-3-5-11)14(19(22,23)24)9-16(15)26-18(27)12-6-7-17(21)25-10-12/h1-10H,(H,26,27). The maximum absolute atomic E-state index is 14.4. The van der Waals surface area contributed by atoms with Gasteiger partial charge in [-0.1, -0.05) is 30.3 Å². The van der Waals surface area contributed by atoms with E-state index in [0.717, 1.165) is 24.4 Å². The fourth-order valence-corrected chi connectivity index (χ4v) is 2.46. The molecule has 0 aliphatic rings. The average Bonchev–Trinajstić information content (AvgIpc) is 2.63. The highest BCUT2D eigenvalue weighted by atomic mass is 19.4. The van der Waals surface area contributed by atoms with Gasteiger partial charge in [0.2, 0.25) is 5.95 Å². The summed E-state index contributed by atoms with van der Waals surface area (Å²) in [6.07, 6.45) is -3.87.